The normalized spacial score (nSPS) is 17.1. The highest BCUT2D eigenvalue weighted by Crippen LogP contribution is 2.29. The topological polar surface area (TPSA) is 221 Å². The van der Waals surface area contributed by atoms with Crippen LogP contribution in [-0.4, -0.2) is 87.4 Å². The second-order valence-electron chi connectivity index (χ2n) is 19.8. The Balaban J connectivity index is 0.000000313. The van der Waals surface area contributed by atoms with E-state index in [4.69, 9.17) is 15.6 Å². The number of piperidine rings is 2. The minimum atomic E-state index is -0.959. The van der Waals surface area contributed by atoms with Gasteiger partial charge in [-0.15, -0.1) is 0 Å². The molecule has 4 aromatic heterocycles. The van der Waals surface area contributed by atoms with Crippen LogP contribution in [0.1, 0.15) is 160 Å². The van der Waals surface area contributed by atoms with Gasteiger partial charge in [-0.05, 0) is 137 Å². The number of esters is 2. The third-order valence-electron chi connectivity index (χ3n) is 13.0. The molecule has 0 bridgehead atoms. The van der Waals surface area contributed by atoms with Gasteiger partial charge in [-0.2, -0.15) is 0 Å². The lowest BCUT2D eigenvalue weighted by molar-refractivity contribution is -0.142. The number of hydrogen-bond acceptors (Lipinski definition) is 13. The second kappa shape index (κ2) is 29.2. The first-order chi connectivity index (χ1) is 33.7. The van der Waals surface area contributed by atoms with Gasteiger partial charge in [0.25, 0.3) is 11.1 Å². The Morgan fingerprint density at radius 3 is 1.58 bits per heavy atom. The van der Waals surface area contributed by atoms with Gasteiger partial charge in [0.05, 0.1) is 56.9 Å². The van der Waals surface area contributed by atoms with Gasteiger partial charge in [0.2, 0.25) is 5.91 Å². The molecule has 4 N–H and O–H groups in total. The van der Waals surface area contributed by atoms with E-state index in [9.17, 15) is 28.8 Å². The molecule has 17 heteroatoms. The van der Waals surface area contributed by atoms with Crippen LogP contribution in [0.5, 0.6) is 0 Å². The van der Waals surface area contributed by atoms with Crippen molar-refractivity contribution in [2.24, 2.45) is 17.6 Å². The van der Waals surface area contributed by atoms with Crippen molar-refractivity contribution in [1.82, 2.24) is 24.4 Å². The molecule has 2 fully saturated rings. The number of ether oxygens (including phenoxy) is 2. The van der Waals surface area contributed by atoms with Crippen LogP contribution in [-0.2, 0) is 28.7 Å². The first-order valence-electron chi connectivity index (χ1n) is 25.0. The average Bonchev–Trinajstić information content (AvgIpc) is 3.33. The molecule has 6 rings (SSSR count). The highest BCUT2D eigenvalue weighted by Gasteiger charge is 2.29. The number of amides is 1. The summed E-state index contributed by atoms with van der Waals surface area (Å²) in [5.74, 6) is -1.58. The van der Waals surface area contributed by atoms with Crippen molar-refractivity contribution < 1.29 is 33.8 Å². The fourth-order valence-electron chi connectivity index (χ4n) is 8.98. The summed E-state index contributed by atoms with van der Waals surface area (Å²) in [5, 5.41) is 12.1. The van der Waals surface area contributed by atoms with Crippen LogP contribution in [0.3, 0.4) is 0 Å². The lowest BCUT2D eigenvalue weighted by atomic mass is 9.99. The maximum Gasteiger partial charge on any atom is 0.326 e. The number of nitrogens with two attached hydrogens (primary N) is 1. The molecule has 0 saturated carbocycles. The molecule has 396 valence electrons. The Morgan fingerprint density at radius 2 is 1.14 bits per heavy atom. The van der Waals surface area contributed by atoms with Crippen LogP contribution in [0, 0.1) is 25.7 Å². The Kier molecular flexibility index (Phi) is 24.3. The summed E-state index contributed by atoms with van der Waals surface area (Å²) in [7, 11) is 2.71. The van der Waals surface area contributed by atoms with Gasteiger partial charge in [-0.3, -0.25) is 33.9 Å². The number of carboxylic acid groups (broad SMARTS) is 1. The fourth-order valence-corrected chi connectivity index (χ4v) is 8.98. The van der Waals surface area contributed by atoms with Crippen LogP contribution in [0.2, 0.25) is 0 Å². The van der Waals surface area contributed by atoms with E-state index in [0.29, 0.717) is 24.9 Å². The predicted molar refractivity (Wildman–Crippen MR) is 283 cm³/mol. The van der Waals surface area contributed by atoms with E-state index in [0.717, 1.165) is 59.6 Å². The van der Waals surface area contributed by atoms with E-state index in [1.165, 1.54) is 61.2 Å². The van der Waals surface area contributed by atoms with Crippen molar-refractivity contribution in [3.63, 3.8) is 0 Å². The third kappa shape index (κ3) is 18.0. The molecule has 0 spiro atoms. The number of aliphatic carboxylic acids is 1. The van der Waals surface area contributed by atoms with E-state index in [1.54, 1.807) is 30.9 Å². The lowest BCUT2D eigenvalue weighted by Gasteiger charge is -2.35. The number of carbonyl (C=O) groups excluding carboxylic acids is 3. The molecular formula is C55H82N8O9. The molecule has 2 aliphatic heterocycles. The number of rotatable bonds is 17. The van der Waals surface area contributed by atoms with Crippen LogP contribution < -0.4 is 32.0 Å². The van der Waals surface area contributed by atoms with Gasteiger partial charge in [0, 0.05) is 68.1 Å². The number of carboxylic acids is 1. The molecular weight excluding hydrogens is 917 g/mol. The van der Waals surface area contributed by atoms with Gasteiger partial charge in [-0.1, -0.05) is 35.1 Å². The number of pyridine rings is 4. The summed E-state index contributed by atoms with van der Waals surface area (Å²) in [6.07, 6.45) is 18.6. The number of nitrogens with zero attached hydrogens (tertiary/aromatic N) is 6. The molecule has 2 saturated heterocycles. The first kappa shape index (κ1) is 59.9. The van der Waals surface area contributed by atoms with Crippen LogP contribution in [0.25, 0.3) is 0 Å². The smallest absolute Gasteiger partial charge is 0.326 e. The van der Waals surface area contributed by atoms with E-state index in [2.05, 4.69) is 43.7 Å². The molecule has 0 radical (unpaired) electrons. The number of carbonyl (C=O) groups is 4. The predicted octanol–water partition coefficient (Wildman–Crippen LogP) is 8.43. The number of anilines is 2. The monoisotopic (exact) mass is 999 g/mol. The zero-order valence-electron chi connectivity index (χ0n) is 43.5. The van der Waals surface area contributed by atoms with Crippen molar-refractivity contribution in [2.45, 2.75) is 163 Å². The van der Waals surface area contributed by atoms with Crippen molar-refractivity contribution in [1.29, 1.82) is 0 Å². The highest BCUT2D eigenvalue weighted by molar-refractivity contribution is 5.82. The van der Waals surface area contributed by atoms with E-state index < -0.39 is 30.1 Å². The average molecular weight is 999 g/mol. The summed E-state index contributed by atoms with van der Waals surface area (Å²) in [5.41, 5.74) is 10.9. The highest BCUT2D eigenvalue weighted by atomic mass is 16.5. The molecule has 0 aromatic carbocycles. The molecule has 72 heavy (non-hydrogen) atoms. The van der Waals surface area contributed by atoms with Gasteiger partial charge in [0.15, 0.2) is 0 Å². The summed E-state index contributed by atoms with van der Waals surface area (Å²) in [6.45, 7) is 18.0. The van der Waals surface area contributed by atoms with E-state index in [-0.39, 0.29) is 61.1 Å². The van der Waals surface area contributed by atoms with Crippen LogP contribution in [0.15, 0.2) is 83.2 Å². The van der Waals surface area contributed by atoms with E-state index >= 15 is 0 Å². The van der Waals surface area contributed by atoms with E-state index in [1.807, 2.05) is 72.1 Å². The van der Waals surface area contributed by atoms with Gasteiger partial charge in [-0.25, -0.2) is 4.79 Å². The number of aromatic nitrogens is 4. The molecule has 1 amide bonds. The SMILES string of the molecule is C.COC(=O)C[C@@H](N)c1cncc(N2CCCC[C@@H]2C)c1.COC(=O)C[C@@H](NC(=O)C(CC(C)C)n1ccc(C)cc1=O)c1cncc(N2CCCC[C@@H]2C)c1.Cc1ccn([C@@H](CC(C)C)C(=O)O)c(=O)c1. The number of nitrogens with one attached hydrogen (secondary N) is 1. The molecule has 0 aliphatic carbocycles. The Bertz CT molecular complexity index is 2490. The molecule has 4 aromatic rings. The maximum atomic E-state index is 13.6. The van der Waals surface area contributed by atoms with Gasteiger partial charge in [0.1, 0.15) is 12.1 Å². The quantitative estimate of drug-likeness (QED) is 0.0846. The zero-order valence-corrected chi connectivity index (χ0v) is 43.5. The van der Waals surface area contributed by atoms with Crippen molar-refractivity contribution >= 4 is 35.2 Å². The summed E-state index contributed by atoms with van der Waals surface area (Å²) in [6, 6.07) is 9.06. The van der Waals surface area contributed by atoms with Gasteiger partial charge < -0.3 is 44.6 Å². The minimum absolute atomic E-state index is 0. The largest absolute Gasteiger partial charge is 0.480 e. The van der Waals surface area contributed by atoms with Crippen molar-refractivity contribution in [2.75, 3.05) is 37.1 Å². The Labute approximate surface area is 426 Å². The van der Waals surface area contributed by atoms with Crippen molar-refractivity contribution in [3.05, 3.63) is 117 Å². The van der Waals surface area contributed by atoms with Crippen molar-refractivity contribution in [3.8, 4) is 0 Å². The molecule has 17 nitrogen and oxygen atoms in total. The zero-order chi connectivity index (χ0) is 52.4. The van der Waals surface area contributed by atoms with Crippen LogP contribution >= 0.6 is 0 Å². The standard InChI is InChI=1S/C27H38N4O4.C15H23N3O2.C12H17NO3.CH4/c1-18(2)12-24(31-11-9-19(3)13-25(31)32)27(34)29-23(15-26(33)35-5)21-14-22(17-28-16-21)30-10-7-6-8-20(30)4;1-11-5-3-4-6-18(11)13-7-12(9-17-10-13)14(16)8-15(19)20-2;1-8(2)6-10(12(15)16)13-5-4-9(3)7-11(13)14;/h9,11,13-14,16-18,20,23-24H,6-8,10,12,15H2,1-5H3,(H,29,34);7,9-11,14H,3-6,8,16H2,1-2H3;4-5,7-8,10H,6H2,1-3H3,(H,15,16);1H4/t20-,23+,24?;11-,14+;10-;/m000./s1. The first-order valence-corrected chi connectivity index (χ1v) is 25.0. The maximum absolute atomic E-state index is 13.6. The lowest BCUT2D eigenvalue weighted by Crippen LogP contribution is -2.40. The minimum Gasteiger partial charge on any atom is -0.480 e. The fraction of sp³-hybridized carbons (Fsp3) is 0.564. The Morgan fingerprint density at radius 1 is 0.694 bits per heavy atom. The molecule has 6 heterocycles. The summed E-state index contributed by atoms with van der Waals surface area (Å²) in [4.78, 5) is 86.0. The molecule has 1 unspecified atom stereocenters. The number of aryl methyl sites for hydroxylation is 2. The van der Waals surface area contributed by atoms with Gasteiger partial charge >= 0.3 is 17.9 Å². The second-order valence-corrected chi connectivity index (χ2v) is 19.8. The summed E-state index contributed by atoms with van der Waals surface area (Å²) < 4.78 is 12.3. The van der Waals surface area contributed by atoms with Crippen LogP contribution in [0.4, 0.5) is 11.4 Å². The Hall–Kier alpha value is -6.36. The third-order valence-corrected chi connectivity index (χ3v) is 13.0. The number of hydrogen-bond donors (Lipinski definition) is 3. The summed E-state index contributed by atoms with van der Waals surface area (Å²) >= 11 is 0. The number of methoxy groups -OCH3 is 2. The molecule has 6 atom stereocenters. The molecule has 2 aliphatic rings.